The lowest BCUT2D eigenvalue weighted by atomic mass is 9.97. The lowest BCUT2D eigenvalue weighted by Gasteiger charge is -2.28. The summed E-state index contributed by atoms with van der Waals surface area (Å²) in [5.74, 6) is 1.26. The third-order valence-electron chi connectivity index (χ3n) is 2.95. The van der Waals surface area contributed by atoms with Gasteiger partial charge in [0.25, 0.3) is 0 Å². The van der Waals surface area contributed by atoms with Gasteiger partial charge in [-0.2, -0.15) is 8.78 Å². The van der Waals surface area contributed by atoms with Gasteiger partial charge in [-0.25, -0.2) is 0 Å². The highest BCUT2D eigenvalue weighted by Crippen LogP contribution is 2.38. The lowest BCUT2D eigenvalue weighted by Crippen LogP contribution is -2.41. The summed E-state index contributed by atoms with van der Waals surface area (Å²) < 4.78 is 36.4. The van der Waals surface area contributed by atoms with Crippen molar-refractivity contribution in [1.29, 1.82) is 0 Å². The van der Waals surface area contributed by atoms with E-state index in [-0.39, 0.29) is 13.2 Å². The van der Waals surface area contributed by atoms with Crippen LogP contribution in [-0.4, -0.2) is 22.3 Å². The van der Waals surface area contributed by atoms with Gasteiger partial charge in [-0.1, -0.05) is 6.07 Å². The first-order valence-corrected chi connectivity index (χ1v) is 6.26. The molecule has 2 rings (SSSR count). The maximum Gasteiger partial charge on any atom is 0.329 e. The van der Waals surface area contributed by atoms with Gasteiger partial charge in [0.1, 0.15) is 5.60 Å². The number of alkyl halides is 3. The number of fused-ring (bicyclic) bond motifs is 1. The van der Waals surface area contributed by atoms with Gasteiger partial charge in [-0.15, -0.1) is 0 Å². The second-order valence-corrected chi connectivity index (χ2v) is 5.46. The number of halogens is 3. The van der Waals surface area contributed by atoms with Crippen LogP contribution < -0.4 is 9.47 Å². The normalized spacial score (nSPS) is 17.6. The monoisotopic (exact) mass is 322 g/mol. The highest BCUT2D eigenvalue weighted by atomic mass is 79.9. The van der Waals surface area contributed by atoms with E-state index >= 15 is 0 Å². The molecule has 1 aliphatic rings. The van der Waals surface area contributed by atoms with Crippen molar-refractivity contribution in [2.24, 2.45) is 0 Å². The quantitative estimate of drug-likeness (QED) is 0.866. The Bertz CT molecular complexity index is 443. The van der Waals surface area contributed by atoms with E-state index in [9.17, 15) is 13.9 Å². The third kappa shape index (κ3) is 2.75. The number of hydrogen-bond acceptors (Lipinski definition) is 3. The summed E-state index contributed by atoms with van der Waals surface area (Å²) in [5, 5.41) is 9.65. The van der Waals surface area contributed by atoms with Crippen LogP contribution in [0.15, 0.2) is 18.2 Å². The Balaban J connectivity index is 2.03. The van der Waals surface area contributed by atoms with Crippen LogP contribution in [0.1, 0.15) is 18.9 Å². The molecule has 18 heavy (non-hydrogen) atoms. The zero-order valence-corrected chi connectivity index (χ0v) is 11.3. The van der Waals surface area contributed by atoms with Crippen LogP contribution in [0.3, 0.4) is 0 Å². The molecule has 0 saturated carbocycles. The van der Waals surface area contributed by atoms with Crippen LogP contribution in [-0.2, 0) is 6.42 Å². The summed E-state index contributed by atoms with van der Waals surface area (Å²) in [5.41, 5.74) is -1.28. The summed E-state index contributed by atoms with van der Waals surface area (Å²) in [6, 6.07) is 5.25. The van der Waals surface area contributed by atoms with Crippen LogP contribution in [0.4, 0.5) is 8.78 Å². The SMILES string of the molecule is CC(O)(CCc1ccc2c(c1)OCO2)C(F)(F)Br. The minimum Gasteiger partial charge on any atom is -0.454 e. The van der Waals surface area contributed by atoms with Crippen LogP contribution in [0, 0.1) is 0 Å². The summed E-state index contributed by atoms with van der Waals surface area (Å²) in [6.07, 6.45) is 0.260. The lowest BCUT2D eigenvalue weighted by molar-refractivity contribution is -0.107. The topological polar surface area (TPSA) is 38.7 Å². The molecule has 1 N–H and O–H groups in total. The van der Waals surface area contributed by atoms with E-state index in [1.807, 2.05) is 0 Å². The second-order valence-electron chi connectivity index (χ2n) is 4.46. The van der Waals surface area contributed by atoms with E-state index in [1.54, 1.807) is 18.2 Å². The Morgan fingerprint density at radius 3 is 2.67 bits per heavy atom. The predicted octanol–water partition coefficient (Wildman–Crippen LogP) is 3.09. The molecule has 100 valence electrons. The zero-order chi connectivity index (χ0) is 13.4. The molecular weight excluding hydrogens is 310 g/mol. The van der Waals surface area contributed by atoms with Gasteiger partial charge in [0.2, 0.25) is 6.79 Å². The van der Waals surface area contributed by atoms with Gasteiger partial charge < -0.3 is 14.6 Å². The van der Waals surface area contributed by atoms with E-state index in [2.05, 4.69) is 15.9 Å². The van der Waals surface area contributed by atoms with E-state index in [0.717, 1.165) is 12.5 Å². The summed E-state index contributed by atoms with van der Waals surface area (Å²) in [6.45, 7) is 1.28. The molecule has 0 bridgehead atoms. The number of rotatable bonds is 4. The molecular formula is C12H13BrF2O3. The molecule has 0 radical (unpaired) electrons. The van der Waals surface area contributed by atoms with Crippen LogP contribution in [0.25, 0.3) is 0 Å². The minimum absolute atomic E-state index is 0.0646. The Labute approximate surface area is 112 Å². The first-order chi connectivity index (χ1) is 8.29. The maximum absolute atomic E-state index is 13.0. The van der Waals surface area contributed by atoms with Crippen molar-refractivity contribution in [2.75, 3.05) is 6.79 Å². The fourth-order valence-corrected chi connectivity index (χ4v) is 1.82. The van der Waals surface area contributed by atoms with Gasteiger partial charge in [0.05, 0.1) is 0 Å². The average Bonchev–Trinajstić information content (AvgIpc) is 2.71. The van der Waals surface area contributed by atoms with Gasteiger partial charge >= 0.3 is 4.83 Å². The van der Waals surface area contributed by atoms with E-state index in [0.29, 0.717) is 17.9 Å². The van der Waals surface area contributed by atoms with Crippen molar-refractivity contribution in [1.82, 2.24) is 0 Å². The second kappa shape index (κ2) is 4.66. The Morgan fingerprint density at radius 2 is 2.00 bits per heavy atom. The van der Waals surface area contributed by atoms with E-state index in [4.69, 9.17) is 9.47 Å². The van der Waals surface area contributed by atoms with E-state index in [1.165, 1.54) is 0 Å². The molecule has 1 unspecified atom stereocenters. The van der Waals surface area contributed by atoms with Crippen molar-refractivity contribution in [2.45, 2.75) is 30.2 Å². The summed E-state index contributed by atoms with van der Waals surface area (Å²) in [7, 11) is 0. The fourth-order valence-electron chi connectivity index (χ4n) is 1.63. The Kier molecular flexibility index (Phi) is 3.51. The molecule has 1 heterocycles. The predicted molar refractivity (Wildman–Crippen MR) is 65.4 cm³/mol. The summed E-state index contributed by atoms with van der Waals surface area (Å²) >= 11 is 2.20. The number of aryl methyl sites for hydroxylation is 1. The van der Waals surface area contributed by atoms with Crippen LogP contribution >= 0.6 is 15.9 Å². The van der Waals surface area contributed by atoms with Crippen molar-refractivity contribution < 1.29 is 23.4 Å². The smallest absolute Gasteiger partial charge is 0.329 e. The largest absolute Gasteiger partial charge is 0.454 e. The standard InChI is InChI=1S/C12H13BrF2O3/c1-11(16,12(13,14)15)5-4-8-2-3-9-10(6-8)18-7-17-9/h2-3,6,16H,4-5,7H2,1H3. The molecule has 3 nitrogen and oxygen atoms in total. The molecule has 0 spiro atoms. The first kappa shape index (κ1) is 13.5. The Hall–Kier alpha value is -0.880. The molecule has 1 atom stereocenters. The highest BCUT2D eigenvalue weighted by molar-refractivity contribution is 9.10. The molecule has 1 aliphatic heterocycles. The minimum atomic E-state index is -3.31. The molecule has 0 fully saturated rings. The first-order valence-electron chi connectivity index (χ1n) is 5.47. The van der Waals surface area contributed by atoms with Crippen molar-refractivity contribution in [3.63, 3.8) is 0 Å². The van der Waals surface area contributed by atoms with Crippen molar-refractivity contribution >= 4 is 15.9 Å². The molecule has 1 aromatic rings. The van der Waals surface area contributed by atoms with Gasteiger partial charge in [0.15, 0.2) is 11.5 Å². The van der Waals surface area contributed by atoms with Gasteiger partial charge in [0, 0.05) is 0 Å². The van der Waals surface area contributed by atoms with Crippen molar-refractivity contribution in [3.8, 4) is 11.5 Å². The number of benzene rings is 1. The van der Waals surface area contributed by atoms with E-state index < -0.39 is 10.4 Å². The summed E-state index contributed by atoms with van der Waals surface area (Å²) in [4.78, 5) is -3.31. The molecule has 0 aliphatic carbocycles. The number of hydrogen-bond donors (Lipinski definition) is 1. The molecule has 0 aromatic heterocycles. The average molecular weight is 323 g/mol. The third-order valence-corrected chi connectivity index (χ3v) is 3.80. The molecule has 0 saturated heterocycles. The molecule has 6 heteroatoms. The molecule has 0 amide bonds. The van der Waals surface area contributed by atoms with Crippen molar-refractivity contribution in [3.05, 3.63) is 23.8 Å². The fraction of sp³-hybridized carbons (Fsp3) is 0.500. The van der Waals surface area contributed by atoms with Crippen LogP contribution in [0.5, 0.6) is 11.5 Å². The molecule has 1 aromatic carbocycles. The zero-order valence-electron chi connectivity index (χ0n) is 9.75. The number of ether oxygens (including phenoxy) is 2. The van der Waals surface area contributed by atoms with Gasteiger partial charge in [-0.3, -0.25) is 0 Å². The number of aliphatic hydroxyl groups is 1. The van der Waals surface area contributed by atoms with Crippen LogP contribution in [0.2, 0.25) is 0 Å². The Morgan fingerprint density at radius 1 is 1.33 bits per heavy atom. The van der Waals surface area contributed by atoms with Gasteiger partial charge in [-0.05, 0) is 53.4 Å². The highest BCUT2D eigenvalue weighted by Gasteiger charge is 2.46. The maximum atomic E-state index is 13.0.